The molecule has 19 heavy (non-hydrogen) atoms. The van der Waals surface area contributed by atoms with Gasteiger partial charge in [-0.05, 0) is 41.4 Å². The molecule has 2 aromatic carbocycles. The zero-order valence-electron chi connectivity index (χ0n) is 10.6. The monoisotopic (exact) mass is 334 g/mol. The normalized spacial score (nSPS) is 23.1. The van der Waals surface area contributed by atoms with Gasteiger partial charge in [0, 0.05) is 10.4 Å². The molecule has 1 aliphatic rings. The zero-order chi connectivity index (χ0) is 13.2. The van der Waals surface area contributed by atoms with Crippen LogP contribution in [-0.2, 0) is 0 Å². The number of hydrogen-bond acceptors (Lipinski definition) is 0. The lowest BCUT2D eigenvalue weighted by atomic mass is 9.93. The van der Waals surface area contributed by atoms with Gasteiger partial charge in [-0.1, -0.05) is 76.1 Å². The zero-order valence-corrected chi connectivity index (χ0v) is 12.9. The van der Waals surface area contributed by atoms with Gasteiger partial charge in [0.2, 0.25) is 0 Å². The summed E-state index contributed by atoms with van der Waals surface area (Å²) in [6, 6.07) is 19.0. The lowest BCUT2D eigenvalue weighted by Gasteiger charge is -2.16. The van der Waals surface area contributed by atoms with Crippen LogP contribution in [0.4, 0.5) is 0 Å². The first kappa shape index (κ1) is 13.2. The highest BCUT2D eigenvalue weighted by Gasteiger charge is 2.44. The number of rotatable bonds is 4. The van der Waals surface area contributed by atoms with E-state index in [0.717, 1.165) is 10.4 Å². The highest BCUT2D eigenvalue weighted by Crippen LogP contribution is 2.56. The molecular weight excluding hydrogens is 320 g/mol. The molecule has 0 saturated heterocycles. The molecule has 0 aliphatic heterocycles. The Labute approximate surface area is 127 Å². The first-order valence-electron chi connectivity index (χ1n) is 6.66. The molecule has 0 amide bonds. The fourth-order valence-corrected chi connectivity index (χ4v) is 4.05. The van der Waals surface area contributed by atoms with Crippen molar-refractivity contribution >= 4 is 27.5 Å². The molecule has 3 rings (SSSR count). The van der Waals surface area contributed by atoms with E-state index in [1.165, 1.54) is 17.5 Å². The minimum atomic E-state index is 0.513. The largest absolute Gasteiger partial charge is 0.0921 e. The minimum absolute atomic E-state index is 0.513. The smallest absolute Gasteiger partial charge is 0.0441 e. The molecule has 98 valence electrons. The molecule has 0 N–H and O–H groups in total. The topological polar surface area (TPSA) is 0 Å². The van der Waals surface area contributed by atoms with Gasteiger partial charge < -0.3 is 0 Å². The molecule has 2 aromatic rings. The maximum atomic E-state index is 6.34. The van der Waals surface area contributed by atoms with E-state index >= 15 is 0 Å². The molecule has 0 spiro atoms. The summed E-state index contributed by atoms with van der Waals surface area (Å²) in [7, 11) is 0. The molecule has 1 saturated carbocycles. The van der Waals surface area contributed by atoms with Gasteiger partial charge in [-0.25, -0.2) is 0 Å². The van der Waals surface area contributed by atoms with E-state index in [9.17, 15) is 0 Å². The van der Waals surface area contributed by atoms with E-state index in [2.05, 4.69) is 58.4 Å². The van der Waals surface area contributed by atoms with E-state index in [1.807, 2.05) is 12.1 Å². The maximum absolute atomic E-state index is 6.34. The van der Waals surface area contributed by atoms with E-state index in [-0.39, 0.29) is 0 Å². The molecular formula is C17H16BrCl. The van der Waals surface area contributed by atoms with Crippen molar-refractivity contribution in [1.29, 1.82) is 0 Å². The Morgan fingerprint density at radius 2 is 1.74 bits per heavy atom. The van der Waals surface area contributed by atoms with Crippen molar-refractivity contribution in [2.45, 2.75) is 18.3 Å². The van der Waals surface area contributed by atoms with Gasteiger partial charge in [0.05, 0.1) is 0 Å². The highest BCUT2D eigenvalue weighted by atomic mass is 79.9. The van der Waals surface area contributed by atoms with E-state index in [4.69, 9.17) is 11.6 Å². The summed E-state index contributed by atoms with van der Waals surface area (Å²) in [5.74, 6) is 1.92. The molecule has 3 atom stereocenters. The van der Waals surface area contributed by atoms with Crippen molar-refractivity contribution in [3.63, 3.8) is 0 Å². The van der Waals surface area contributed by atoms with Gasteiger partial charge in [0.1, 0.15) is 0 Å². The van der Waals surface area contributed by atoms with E-state index < -0.39 is 0 Å². The highest BCUT2D eigenvalue weighted by molar-refractivity contribution is 9.09. The van der Waals surface area contributed by atoms with Gasteiger partial charge >= 0.3 is 0 Å². The van der Waals surface area contributed by atoms with Crippen LogP contribution in [0.1, 0.15) is 29.4 Å². The average molecular weight is 336 g/mol. The second-order valence-electron chi connectivity index (χ2n) is 5.20. The van der Waals surface area contributed by atoms with Crippen LogP contribution in [0.3, 0.4) is 0 Å². The lowest BCUT2D eigenvalue weighted by Crippen LogP contribution is -2.05. The van der Waals surface area contributed by atoms with Gasteiger partial charge in [-0.15, -0.1) is 0 Å². The van der Waals surface area contributed by atoms with Crippen LogP contribution in [-0.4, -0.2) is 5.33 Å². The van der Waals surface area contributed by atoms with E-state index in [1.54, 1.807) is 0 Å². The summed E-state index contributed by atoms with van der Waals surface area (Å²) in [6.45, 7) is 0. The Morgan fingerprint density at radius 1 is 1.05 bits per heavy atom. The standard InChI is InChI=1S/C17H16BrCl/c18-11-16(13-8-4-5-9-17(13)19)15-10-14(15)12-6-2-1-3-7-12/h1-9,14-16H,10-11H2. The summed E-state index contributed by atoms with van der Waals surface area (Å²) in [5.41, 5.74) is 2.75. The lowest BCUT2D eigenvalue weighted by molar-refractivity contribution is 0.656. The van der Waals surface area contributed by atoms with Crippen LogP contribution in [0.5, 0.6) is 0 Å². The fourth-order valence-electron chi connectivity index (χ4n) is 2.95. The number of benzene rings is 2. The van der Waals surface area contributed by atoms with Crippen molar-refractivity contribution in [1.82, 2.24) is 0 Å². The van der Waals surface area contributed by atoms with Crippen LogP contribution >= 0.6 is 27.5 Å². The fraction of sp³-hybridized carbons (Fsp3) is 0.294. The second kappa shape index (κ2) is 5.68. The van der Waals surface area contributed by atoms with Gasteiger partial charge in [0.15, 0.2) is 0 Å². The summed E-state index contributed by atoms with van der Waals surface area (Å²) < 4.78 is 0. The molecule has 0 nitrogen and oxygen atoms in total. The average Bonchev–Trinajstić information content (AvgIpc) is 3.23. The van der Waals surface area contributed by atoms with Crippen LogP contribution in [0, 0.1) is 5.92 Å². The minimum Gasteiger partial charge on any atom is -0.0921 e. The van der Waals surface area contributed by atoms with Gasteiger partial charge in [0.25, 0.3) is 0 Å². The Balaban J connectivity index is 1.81. The maximum Gasteiger partial charge on any atom is 0.0441 e. The Kier molecular flexibility index (Phi) is 3.95. The predicted octanol–water partition coefficient (Wildman–Crippen LogP) is 5.62. The number of alkyl halides is 1. The Hall–Kier alpha value is -0.790. The third kappa shape index (κ3) is 2.73. The van der Waals surface area contributed by atoms with Crippen molar-refractivity contribution < 1.29 is 0 Å². The molecule has 0 heterocycles. The quantitative estimate of drug-likeness (QED) is 0.636. The third-order valence-corrected chi connectivity index (χ3v) is 5.10. The first-order chi connectivity index (χ1) is 9.31. The van der Waals surface area contributed by atoms with Gasteiger partial charge in [-0.3, -0.25) is 0 Å². The molecule has 1 fully saturated rings. The van der Waals surface area contributed by atoms with E-state index in [0.29, 0.717) is 17.8 Å². The molecule has 2 heteroatoms. The van der Waals surface area contributed by atoms with Crippen molar-refractivity contribution in [3.05, 3.63) is 70.7 Å². The van der Waals surface area contributed by atoms with Crippen LogP contribution < -0.4 is 0 Å². The Morgan fingerprint density at radius 3 is 2.42 bits per heavy atom. The summed E-state index contributed by atoms with van der Waals surface area (Å²) in [6.07, 6.45) is 1.27. The third-order valence-electron chi connectivity index (χ3n) is 4.06. The van der Waals surface area contributed by atoms with Crippen molar-refractivity contribution in [2.24, 2.45) is 5.92 Å². The summed E-state index contributed by atoms with van der Waals surface area (Å²) in [4.78, 5) is 0. The van der Waals surface area contributed by atoms with Crippen LogP contribution in [0.2, 0.25) is 5.02 Å². The SMILES string of the molecule is Clc1ccccc1C(CBr)C1CC1c1ccccc1. The number of halogens is 2. The molecule has 0 radical (unpaired) electrons. The predicted molar refractivity (Wildman–Crippen MR) is 85.3 cm³/mol. The summed E-state index contributed by atoms with van der Waals surface area (Å²) >= 11 is 10.0. The molecule has 1 aliphatic carbocycles. The number of hydrogen-bond donors (Lipinski definition) is 0. The molecule has 0 aromatic heterocycles. The second-order valence-corrected chi connectivity index (χ2v) is 6.25. The van der Waals surface area contributed by atoms with Gasteiger partial charge in [-0.2, -0.15) is 0 Å². The van der Waals surface area contributed by atoms with Crippen LogP contribution in [0.25, 0.3) is 0 Å². The first-order valence-corrected chi connectivity index (χ1v) is 8.16. The molecule has 3 unspecified atom stereocenters. The van der Waals surface area contributed by atoms with Crippen molar-refractivity contribution in [3.8, 4) is 0 Å². The molecule has 0 bridgehead atoms. The Bertz CT molecular complexity index is 552. The summed E-state index contributed by atoms with van der Waals surface area (Å²) in [5, 5.41) is 1.87. The van der Waals surface area contributed by atoms with Crippen LogP contribution in [0.15, 0.2) is 54.6 Å². The van der Waals surface area contributed by atoms with Crippen molar-refractivity contribution in [2.75, 3.05) is 5.33 Å².